The van der Waals surface area contributed by atoms with Crippen LogP contribution in [0.5, 0.6) is 0 Å². The van der Waals surface area contributed by atoms with E-state index in [1.54, 1.807) is 6.33 Å². The van der Waals surface area contributed by atoms with Gasteiger partial charge in [0.25, 0.3) is 0 Å². The zero-order valence-electron chi connectivity index (χ0n) is 13.2. The molecule has 0 saturated carbocycles. The third-order valence-electron chi connectivity index (χ3n) is 4.53. The number of nitrogens with zero attached hydrogens (tertiary/aromatic N) is 4. The van der Waals surface area contributed by atoms with Gasteiger partial charge in [0, 0.05) is 38.0 Å². The third-order valence-corrected chi connectivity index (χ3v) is 4.53. The highest BCUT2D eigenvalue weighted by Crippen LogP contribution is 2.26. The maximum absolute atomic E-state index is 11.8. The van der Waals surface area contributed by atoms with Crippen LogP contribution in [0.2, 0.25) is 0 Å². The fourth-order valence-electron chi connectivity index (χ4n) is 3.16. The second kappa shape index (κ2) is 6.30. The van der Waals surface area contributed by atoms with Crippen molar-refractivity contribution in [1.29, 1.82) is 0 Å². The van der Waals surface area contributed by atoms with Crippen molar-refractivity contribution in [3.8, 4) is 0 Å². The minimum atomic E-state index is 0.228. The number of hydrogen-bond donors (Lipinski definition) is 0. The van der Waals surface area contributed by atoms with Crippen LogP contribution < -0.4 is 4.90 Å². The van der Waals surface area contributed by atoms with Gasteiger partial charge in [-0.05, 0) is 25.0 Å². The summed E-state index contributed by atoms with van der Waals surface area (Å²) < 4.78 is 0. The lowest BCUT2D eigenvalue weighted by molar-refractivity contribution is -0.131. The summed E-state index contributed by atoms with van der Waals surface area (Å²) in [6.07, 6.45) is 4.19. The zero-order chi connectivity index (χ0) is 15.5. The van der Waals surface area contributed by atoms with Crippen LogP contribution in [0, 0.1) is 0 Å². The first-order chi connectivity index (χ1) is 10.7. The number of hydrogen-bond acceptors (Lipinski definition) is 4. The molecule has 0 spiro atoms. The van der Waals surface area contributed by atoms with Crippen LogP contribution in [0.4, 0.5) is 5.82 Å². The van der Waals surface area contributed by atoms with Gasteiger partial charge in [0.2, 0.25) is 5.91 Å². The summed E-state index contributed by atoms with van der Waals surface area (Å²) in [5.74, 6) is 1.24. The van der Waals surface area contributed by atoms with Crippen LogP contribution in [0.3, 0.4) is 0 Å². The van der Waals surface area contributed by atoms with Crippen molar-refractivity contribution < 1.29 is 4.79 Å². The SMILES string of the molecule is CCC(=O)N(C)C1CCN(c2ncnc3ccccc23)CC1. The number of piperidine rings is 1. The Morgan fingerprint density at radius 2 is 2.00 bits per heavy atom. The summed E-state index contributed by atoms with van der Waals surface area (Å²) in [6, 6.07) is 8.45. The van der Waals surface area contributed by atoms with E-state index in [-0.39, 0.29) is 5.91 Å². The first-order valence-corrected chi connectivity index (χ1v) is 7.91. The molecule has 22 heavy (non-hydrogen) atoms. The van der Waals surface area contributed by atoms with Gasteiger partial charge in [-0.3, -0.25) is 4.79 Å². The van der Waals surface area contributed by atoms with Crippen molar-refractivity contribution in [3.63, 3.8) is 0 Å². The fraction of sp³-hybridized carbons (Fsp3) is 0.471. The van der Waals surface area contributed by atoms with Crippen molar-refractivity contribution in [3.05, 3.63) is 30.6 Å². The average Bonchev–Trinajstić information content (AvgIpc) is 2.60. The molecule has 1 amide bonds. The van der Waals surface area contributed by atoms with Crippen molar-refractivity contribution in [2.75, 3.05) is 25.0 Å². The highest BCUT2D eigenvalue weighted by Gasteiger charge is 2.25. The van der Waals surface area contributed by atoms with E-state index in [0.717, 1.165) is 42.7 Å². The molecule has 0 aliphatic carbocycles. The first kappa shape index (κ1) is 14.8. The molecule has 0 radical (unpaired) electrons. The predicted octanol–water partition coefficient (Wildman–Crippen LogP) is 2.47. The van der Waals surface area contributed by atoms with Gasteiger partial charge in [0.15, 0.2) is 0 Å². The lowest BCUT2D eigenvalue weighted by Crippen LogP contribution is -2.45. The molecule has 0 N–H and O–H groups in total. The average molecular weight is 298 g/mol. The van der Waals surface area contributed by atoms with Gasteiger partial charge in [-0.15, -0.1) is 0 Å². The molecular formula is C17H22N4O. The summed E-state index contributed by atoms with van der Waals surface area (Å²) in [6.45, 7) is 3.76. The Kier molecular flexibility index (Phi) is 4.22. The Hall–Kier alpha value is -2.17. The van der Waals surface area contributed by atoms with Crippen molar-refractivity contribution >= 4 is 22.6 Å². The number of aromatic nitrogens is 2. The largest absolute Gasteiger partial charge is 0.356 e. The number of para-hydroxylation sites is 1. The number of fused-ring (bicyclic) bond motifs is 1. The van der Waals surface area contributed by atoms with Gasteiger partial charge in [0.05, 0.1) is 5.52 Å². The van der Waals surface area contributed by atoms with E-state index in [1.807, 2.05) is 37.1 Å². The van der Waals surface area contributed by atoms with Crippen LogP contribution >= 0.6 is 0 Å². The van der Waals surface area contributed by atoms with Gasteiger partial charge in [-0.25, -0.2) is 9.97 Å². The van der Waals surface area contributed by atoms with Crippen molar-refractivity contribution in [2.24, 2.45) is 0 Å². The molecule has 2 aromatic rings. The molecular weight excluding hydrogens is 276 g/mol. The van der Waals surface area contributed by atoms with E-state index in [9.17, 15) is 4.79 Å². The molecule has 116 valence electrons. The molecule has 0 unspecified atom stereocenters. The minimum absolute atomic E-state index is 0.228. The topological polar surface area (TPSA) is 49.3 Å². The van der Waals surface area contributed by atoms with Gasteiger partial charge in [-0.1, -0.05) is 19.1 Å². The summed E-state index contributed by atoms with van der Waals surface area (Å²) in [4.78, 5) is 24.9. The molecule has 5 heteroatoms. The Bertz CT molecular complexity index is 659. The Balaban J connectivity index is 1.75. The Labute approximate surface area is 131 Å². The minimum Gasteiger partial charge on any atom is -0.356 e. The van der Waals surface area contributed by atoms with Crippen LogP contribution in [-0.4, -0.2) is 47.0 Å². The molecule has 1 aliphatic rings. The number of rotatable bonds is 3. The fourth-order valence-corrected chi connectivity index (χ4v) is 3.16. The third kappa shape index (κ3) is 2.75. The number of carbonyl (C=O) groups is 1. The summed E-state index contributed by atoms with van der Waals surface area (Å²) in [5.41, 5.74) is 0.980. The molecule has 1 aromatic heterocycles. The summed E-state index contributed by atoms with van der Waals surface area (Å²) in [7, 11) is 1.92. The van der Waals surface area contributed by atoms with Crippen molar-refractivity contribution in [2.45, 2.75) is 32.2 Å². The molecule has 2 heterocycles. The van der Waals surface area contributed by atoms with Crippen LogP contribution in [-0.2, 0) is 4.79 Å². The lowest BCUT2D eigenvalue weighted by Gasteiger charge is -2.37. The molecule has 1 fully saturated rings. The van der Waals surface area contributed by atoms with E-state index in [2.05, 4.69) is 20.9 Å². The lowest BCUT2D eigenvalue weighted by atomic mass is 10.0. The van der Waals surface area contributed by atoms with Gasteiger partial charge in [0.1, 0.15) is 12.1 Å². The normalized spacial score (nSPS) is 16.0. The second-order valence-electron chi connectivity index (χ2n) is 5.79. The van der Waals surface area contributed by atoms with Crippen molar-refractivity contribution in [1.82, 2.24) is 14.9 Å². The van der Waals surface area contributed by atoms with E-state index >= 15 is 0 Å². The van der Waals surface area contributed by atoms with Crippen LogP contribution in [0.15, 0.2) is 30.6 Å². The maximum atomic E-state index is 11.8. The highest BCUT2D eigenvalue weighted by atomic mass is 16.2. The number of benzene rings is 1. The number of amides is 1. The highest BCUT2D eigenvalue weighted by molar-refractivity contribution is 5.89. The standard InChI is InChI=1S/C17H22N4O/c1-3-16(22)20(2)13-8-10-21(11-9-13)17-14-6-4-5-7-15(14)18-12-19-17/h4-7,12-13H,3,8-11H2,1-2H3. The molecule has 1 aromatic carbocycles. The molecule has 5 nitrogen and oxygen atoms in total. The molecule has 3 rings (SSSR count). The van der Waals surface area contributed by atoms with E-state index in [4.69, 9.17) is 0 Å². The number of anilines is 1. The van der Waals surface area contributed by atoms with Gasteiger partial charge < -0.3 is 9.80 Å². The maximum Gasteiger partial charge on any atom is 0.222 e. The summed E-state index contributed by atoms with van der Waals surface area (Å²) >= 11 is 0. The molecule has 1 aliphatic heterocycles. The molecule has 0 atom stereocenters. The van der Waals surface area contributed by atoms with E-state index in [1.165, 1.54) is 0 Å². The molecule has 0 bridgehead atoms. The van der Waals surface area contributed by atoms with Crippen LogP contribution in [0.1, 0.15) is 26.2 Å². The quantitative estimate of drug-likeness (QED) is 0.873. The smallest absolute Gasteiger partial charge is 0.222 e. The summed E-state index contributed by atoms with van der Waals surface area (Å²) in [5, 5.41) is 1.10. The molecule has 1 saturated heterocycles. The Morgan fingerprint density at radius 3 is 2.73 bits per heavy atom. The van der Waals surface area contributed by atoms with E-state index in [0.29, 0.717) is 12.5 Å². The zero-order valence-corrected chi connectivity index (χ0v) is 13.2. The monoisotopic (exact) mass is 298 g/mol. The first-order valence-electron chi connectivity index (χ1n) is 7.91. The van der Waals surface area contributed by atoms with Gasteiger partial charge >= 0.3 is 0 Å². The van der Waals surface area contributed by atoms with Crippen LogP contribution in [0.25, 0.3) is 10.9 Å². The second-order valence-corrected chi connectivity index (χ2v) is 5.79. The van der Waals surface area contributed by atoms with Gasteiger partial charge in [-0.2, -0.15) is 0 Å². The van der Waals surface area contributed by atoms with E-state index < -0.39 is 0 Å². The number of carbonyl (C=O) groups excluding carboxylic acids is 1. The Morgan fingerprint density at radius 1 is 1.27 bits per heavy atom. The predicted molar refractivity (Wildman–Crippen MR) is 87.8 cm³/mol.